The number of benzene rings is 2. The van der Waals surface area contributed by atoms with Crippen molar-refractivity contribution in [1.82, 2.24) is 9.78 Å². The van der Waals surface area contributed by atoms with Gasteiger partial charge in [0.15, 0.2) is 0 Å². The van der Waals surface area contributed by atoms with E-state index >= 15 is 0 Å². The van der Waals surface area contributed by atoms with Crippen LogP contribution in [-0.2, 0) is 4.74 Å². The fourth-order valence-corrected chi connectivity index (χ4v) is 2.87. The summed E-state index contributed by atoms with van der Waals surface area (Å²) in [5.74, 6) is 0.381. The second-order valence-corrected chi connectivity index (χ2v) is 6.16. The Hall–Kier alpha value is -3.06. The first-order chi connectivity index (χ1) is 13.5. The van der Waals surface area contributed by atoms with Gasteiger partial charge in [0.2, 0.25) is 0 Å². The predicted molar refractivity (Wildman–Crippen MR) is 102 cm³/mol. The average Bonchev–Trinajstić information content (AvgIpc) is 3.00. The van der Waals surface area contributed by atoms with Gasteiger partial charge in [0.1, 0.15) is 41.2 Å². The van der Waals surface area contributed by atoms with E-state index in [9.17, 15) is 9.18 Å². The first-order valence-electron chi connectivity index (χ1n) is 8.44. The third kappa shape index (κ3) is 4.43. The molecule has 0 atom stereocenters. The minimum atomic E-state index is -0.603. The SMILES string of the molecule is COc1ccc(OCCOC(=O)c2c(C)nn(-c3ccc(F)cc3)c2Cl)cc1. The molecule has 1 heterocycles. The lowest BCUT2D eigenvalue weighted by atomic mass is 10.2. The van der Waals surface area contributed by atoms with Crippen LogP contribution in [0.15, 0.2) is 48.5 Å². The van der Waals surface area contributed by atoms with Gasteiger partial charge in [0.05, 0.1) is 18.5 Å². The van der Waals surface area contributed by atoms with Gasteiger partial charge in [-0.3, -0.25) is 0 Å². The number of halogens is 2. The molecular weight excluding hydrogens is 387 g/mol. The summed E-state index contributed by atoms with van der Waals surface area (Å²) < 4.78 is 30.3. The zero-order valence-electron chi connectivity index (χ0n) is 15.3. The molecule has 6 nitrogen and oxygen atoms in total. The van der Waals surface area contributed by atoms with Crippen LogP contribution in [0.1, 0.15) is 16.1 Å². The number of nitrogens with zero attached hydrogens (tertiary/aromatic N) is 2. The zero-order valence-corrected chi connectivity index (χ0v) is 16.1. The van der Waals surface area contributed by atoms with Gasteiger partial charge in [-0.15, -0.1) is 0 Å². The van der Waals surface area contributed by atoms with E-state index in [4.69, 9.17) is 25.8 Å². The first-order valence-corrected chi connectivity index (χ1v) is 8.82. The molecule has 0 radical (unpaired) electrons. The third-order valence-corrected chi connectivity index (χ3v) is 4.27. The molecule has 0 spiro atoms. The first kappa shape index (κ1) is 19.7. The van der Waals surface area contributed by atoms with Crippen LogP contribution in [0.25, 0.3) is 5.69 Å². The maximum atomic E-state index is 13.1. The number of hydrogen-bond acceptors (Lipinski definition) is 5. The molecular formula is C20H18ClFN2O4. The molecule has 0 N–H and O–H groups in total. The number of esters is 1. The number of carbonyl (C=O) groups excluding carboxylic acids is 1. The molecule has 0 bridgehead atoms. The van der Waals surface area contributed by atoms with Crippen LogP contribution >= 0.6 is 11.6 Å². The van der Waals surface area contributed by atoms with Gasteiger partial charge in [0, 0.05) is 0 Å². The monoisotopic (exact) mass is 404 g/mol. The van der Waals surface area contributed by atoms with Crippen molar-refractivity contribution >= 4 is 17.6 Å². The van der Waals surface area contributed by atoms with E-state index in [1.54, 1.807) is 38.3 Å². The average molecular weight is 405 g/mol. The topological polar surface area (TPSA) is 62.6 Å². The van der Waals surface area contributed by atoms with E-state index in [2.05, 4.69) is 5.10 Å². The number of aryl methyl sites for hydroxylation is 1. The van der Waals surface area contributed by atoms with E-state index in [1.165, 1.54) is 28.9 Å². The lowest BCUT2D eigenvalue weighted by Gasteiger charge is -2.08. The quantitative estimate of drug-likeness (QED) is 0.436. The smallest absolute Gasteiger partial charge is 0.343 e. The van der Waals surface area contributed by atoms with Crippen LogP contribution in [-0.4, -0.2) is 36.1 Å². The number of rotatable bonds is 7. The van der Waals surface area contributed by atoms with Crippen LogP contribution in [0.3, 0.4) is 0 Å². The highest BCUT2D eigenvalue weighted by Crippen LogP contribution is 2.24. The van der Waals surface area contributed by atoms with Crippen molar-refractivity contribution in [3.05, 3.63) is 70.8 Å². The molecule has 0 unspecified atom stereocenters. The lowest BCUT2D eigenvalue weighted by Crippen LogP contribution is -2.13. The number of methoxy groups -OCH3 is 1. The fraction of sp³-hybridized carbons (Fsp3) is 0.200. The number of aromatic nitrogens is 2. The van der Waals surface area contributed by atoms with Gasteiger partial charge >= 0.3 is 5.97 Å². The van der Waals surface area contributed by atoms with Gasteiger partial charge in [-0.2, -0.15) is 5.10 Å². The van der Waals surface area contributed by atoms with Gasteiger partial charge in [-0.25, -0.2) is 13.9 Å². The highest BCUT2D eigenvalue weighted by molar-refractivity contribution is 6.33. The van der Waals surface area contributed by atoms with Crippen LogP contribution in [0, 0.1) is 12.7 Å². The van der Waals surface area contributed by atoms with Gasteiger partial charge in [0.25, 0.3) is 0 Å². The third-order valence-electron chi connectivity index (χ3n) is 3.92. The molecule has 0 aliphatic heterocycles. The van der Waals surface area contributed by atoms with Gasteiger partial charge in [-0.1, -0.05) is 11.6 Å². The summed E-state index contributed by atoms with van der Waals surface area (Å²) in [5, 5.41) is 4.34. The molecule has 8 heteroatoms. The minimum absolute atomic E-state index is 0.0440. The summed E-state index contributed by atoms with van der Waals surface area (Å²) in [6, 6.07) is 12.7. The molecule has 2 aromatic carbocycles. The van der Waals surface area contributed by atoms with Gasteiger partial charge < -0.3 is 14.2 Å². The Labute approximate surface area is 166 Å². The Morgan fingerprint density at radius 1 is 1.07 bits per heavy atom. The van der Waals surface area contributed by atoms with Crippen LogP contribution in [0.5, 0.6) is 11.5 Å². The van der Waals surface area contributed by atoms with Gasteiger partial charge in [-0.05, 0) is 55.5 Å². The van der Waals surface area contributed by atoms with Crippen molar-refractivity contribution in [3.63, 3.8) is 0 Å². The Balaban J connectivity index is 1.60. The van der Waals surface area contributed by atoms with Crippen molar-refractivity contribution in [1.29, 1.82) is 0 Å². The number of ether oxygens (including phenoxy) is 3. The standard InChI is InChI=1S/C20H18ClFN2O4/c1-13-18(19(21)24(23-13)15-5-3-14(22)4-6-15)20(25)28-12-11-27-17-9-7-16(26-2)8-10-17/h3-10H,11-12H2,1-2H3. The van der Waals surface area contributed by atoms with E-state index in [0.29, 0.717) is 17.1 Å². The molecule has 0 saturated carbocycles. The molecule has 146 valence electrons. The van der Waals surface area contributed by atoms with E-state index in [1.807, 2.05) is 0 Å². The Kier molecular flexibility index (Phi) is 6.16. The molecule has 3 rings (SSSR count). The van der Waals surface area contributed by atoms with Crippen molar-refractivity contribution < 1.29 is 23.4 Å². The minimum Gasteiger partial charge on any atom is -0.497 e. The molecule has 28 heavy (non-hydrogen) atoms. The van der Waals surface area contributed by atoms with Crippen molar-refractivity contribution in [2.75, 3.05) is 20.3 Å². The molecule has 0 amide bonds. The summed E-state index contributed by atoms with van der Waals surface area (Å²) >= 11 is 6.30. The molecule has 0 saturated heterocycles. The summed E-state index contributed by atoms with van der Waals surface area (Å²) in [7, 11) is 1.58. The molecule has 3 aromatic rings. The molecule has 0 fully saturated rings. The maximum Gasteiger partial charge on any atom is 0.343 e. The van der Waals surface area contributed by atoms with Crippen LogP contribution < -0.4 is 9.47 Å². The highest BCUT2D eigenvalue weighted by atomic mass is 35.5. The molecule has 0 aliphatic carbocycles. The Morgan fingerprint density at radius 3 is 2.36 bits per heavy atom. The Morgan fingerprint density at radius 2 is 1.71 bits per heavy atom. The zero-order chi connectivity index (χ0) is 20.1. The second-order valence-electron chi connectivity index (χ2n) is 5.80. The normalized spacial score (nSPS) is 10.6. The van der Waals surface area contributed by atoms with E-state index < -0.39 is 5.97 Å². The number of carbonyl (C=O) groups is 1. The van der Waals surface area contributed by atoms with Crippen molar-refractivity contribution in [3.8, 4) is 17.2 Å². The second kappa shape index (κ2) is 8.75. The summed E-state index contributed by atoms with van der Waals surface area (Å²) in [4.78, 5) is 12.4. The Bertz CT molecular complexity index is 956. The predicted octanol–water partition coefficient (Wildman–Crippen LogP) is 4.22. The lowest BCUT2D eigenvalue weighted by molar-refractivity contribution is 0.0450. The summed E-state index contributed by atoms with van der Waals surface area (Å²) in [6.07, 6.45) is 0. The van der Waals surface area contributed by atoms with E-state index in [0.717, 1.165) is 5.75 Å². The van der Waals surface area contributed by atoms with Crippen molar-refractivity contribution in [2.24, 2.45) is 0 Å². The molecule has 0 aliphatic rings. The van der Waals surface area contributed by atoms with Crippen LogP contribution in [0.2, 0.25) is 5.15 Å². The maximum absolute atomic E-state index is 13.1. The summed E-state index contributed by atoms with van der Waals surface area (Å²) in [6.45, 7) is 1.87. The van der Waals surface area contributed by atoms with E-state index in [-0.39, 0.29) is 29.7 Å². The highest BCUT2D eigenvalue weighted by Gasteiger charge is 2.22. The van der Waals surface area contributed by atoms with Crippen LogP contribution in [0.4, 0.5) is 4.39 Å². The molecule has 1 aromatic heterocycles. The summed E-state index contributed by atoms with van der Waals surface area (Å²) in [5.41, 5.74) is 1.11. The largest absolute Gasteiger partial charge is 0.497 e. The van der Waals surface area contributed by atoms with Crippen molar-refractivity contribution in [2.45, 2.75) is 6.92 Å². The number of hydrogen-bond donors (Lipinski definition) is 0. The fourth-order valence-electron chi connectivity index (χ4n) is 2.52.